The molecule has 0 aliphatic carbocycles. The molecule has 0 bridgehead atoms. The van der Waals surface area contributed by atoms with Crippen molar-refractivity contribution in [1.29, 1.82) is 0 Å². The van der Waals surface area contributed by atoms with Gasteiger partial charge in [0.1, 0.15) is 0 Å². The van der Waals surface area contributed by atoms with E-state index in [0.29, 0.717) is 29.8 Å². The van der Waals surface area contributed by atoms with Gasteiger partial charge in [0.05, 0.1) is 28.4 Å². The molecule has 0 radical (unpaired) electrons. The van der Waals surface area contributed by atoms with Crippen LogP contribution in [0, 0.1) is 0 Å². The van der Waals surface area contributed by atoms with Crippen LogP contribution >= 0.6 is 0 Å². The Kier molecular flexibility index (Phi) is 7.41. The summed E-state index contributed by atoms with van der Waals surface area (Å²) in [6.07, 6.45) is 0.0527. The van der Waals surface area contributed by atoms with E-state index in [9.17, 15) is 23.5 Å². The summed E-state index contributed by atoms with van der Waals surface area (Å²) in [5, 5.41) is 11.1. The van der Waals surface area contributed by atoms with Gasteiger partial charge in [-0.25, -0.2) is 13.6 Å². The molecule has 8 nitrogen and oxygen atoms in total. The second-order valence-electron chi connectivity index (χ2n) is 9.47. The molecule has 38 heavy (non-hydrogen) atoms. The molecule has 0 amide bonds. The molecule has 3 heterocycles. The number of halogens is 2. The number of fused-ring (bicyclic) bond motifs is 2. The van der Waals surface area contributed by atoms with Gasteiger partial charge in [0, 0.05) is 63.4 Å². The zero-order chi connectivity index (χ0) is 26.6. The molecule has 4 aromatic rings. The second kappa shape index (κ2) is 10.3. The normalized spacial score (nSPS) is 13.0. The largest absolute Gasteiger partial charge is 1.00 e. The number of hydrogen-bond donors (Lipinski definition) is 0. The maximum atomic E-state index is 14.3. The van der Waals surface area contributed by atoms with Crippen molar-refractivity contribution in [3.05, 3.63) is 69.9 Å². The third-order valence-corrected chi connectivity index (χ3v) is 7.01. The monoisotopic (exact) mass is 513 g/mol. The number of hydrogen-bond acceptors (Lipinski definition) is 6. The zero-order valence-electron chi connectivity index (χ0n) is 22.0. The molecule has 1 aliphatic rings. The van der Waals surface area contributed by atoms with Crippen LogP contribution in [0.1, 0.15) is 34.5 Å². The number of aromatic nitrogens is 3. The first-order valence-corrected chi connectivity index (χ1v) is 11.9. The van der Waals surface area contributed by atoms with Gasteiger partial charge < -0.3 is 19.7 Å². The Hall–Kier alpha value is -3.61. The van der Waals surface area contributed by atoms with Crippen LogP contribution in [0.4, 0.5) is 25.8 Å². The van der Waals surface area contributed by atoms with Crippen molar-refractivity contribution >= 4 is 34.1 Å². The number of carboxylic acids is 1. The summed E-state index contributed by atoms with van der Waals surface area (Å²) in [7, 11) is 7.26. The minimum atomic E-state index is -2.75. The Labute approximate surface area is 230 Å². The van der Waals surface area contributed by atoms with Crippen LogP contribution in [0.5, 0.6) is 0 Å². The molecule has 0 unspecified atom stereocenters. The summed E-state index contributed by atoms with van der Waals surface area (Å²) >= 11 is 0. The average Bonchev–Trinajstić information content (AvgIpc) is 3.10. The summed E-state index contributed by atoms with van der Waals surface area (Å²) in [6, 6.07) is 9.91. The van der Waals surface area contributed by atoms with Gasteiger partial charge in [-0.15, -0.1) is 0 Å². The average molecular weight is 513 g/mol. The van der Waals surface area contributed by atoms with E-state index in [1.165, 1.54) is 24.4 Å². The quantitative estimate of drug-likeness (QED) is 0.359. The molecule has 1 aliphatic heterocycles. The molecule has 2 aromatic heterocycles. The molecule has 192 valence electrons. The predicted molar refractivity (Wildman–Crippen MR) is 137 cm³/mol. The smallest absolute Gasteiger partial charge is 0.543 e. The van der Waals surface area contributed by atoms with Gasteiger partial charge >= 0.3 is 24.6 Å². The SMILES string of the molecule is CN(C)c1cc(N2CCCc3cc(-c4ccc(C(=O)[O-])nc4)c(C(F)F)cc32)cc2c1n(C)c(=O)n2C.[Li+]. The van der Waals surface area contributed by atoms with Crippen LogP contribution in [0.25, 0.3) is 22.2 Å². The number of alkyl halides is 2. The molecular formula is C27H26F2LiN5O3. The van der Waals surface area contributed by atoms with Crippen molar-refractivity contribution in [2.24, 2.45) is 14.1 Å². The van der Waals surface area contributed by atoms with Gasteiger partial charge in [0.25, 0.3) is 6.43 Å². The summed E-state index contributed by atoms with van der Waals surface area (Å²) in [5.74, 6) is -1.42. The summed E-state index contributed by atoms with van der Waals surface area (Å²) in [6.45, 7) is 0.635. The fourth-order valence-corrected chi connectivity index (χ4v) is 5.13. The van der Waals surface area contributed by atoms with Crippen molar-refractivity contribution < 1.29 is 37.5 Å². The van der Waals surface area contributed by atoms with Crippen molar-refractivity contribution in [2.75, 3.05) is 30.4 Å². The number of aromatic carboxylic acids is 1. The fourth-order valence-electron chi connectivity index (χ4n) is 5.13. The third kappa shape index (κ3) is 4.48. The topological polar surface area (TPSA) is 86.4 Å². The number of benzene rings is 2. The van der Waals surface area contributed by atoms with Crippen molar-refractivity contribution in [3.8, 4) is 11.1 Å². The number of carbonyl (C=O) groups is 1. The number of rotatable bonds is 5. The number of pyridine rings is 1. The number of carboxylic acid groups (broad SMARTS) is 1. The Morgan fingerprint density at radius 1 is 1.11 bits per heavy atom. The fraction of sp³-hybridized carbons (Fsp3) is 0.296. The van der Waals surface area contributed by atoms with E-state index < -0.39 is 12.4 Å². The molecule has 0 atom stereocenters. The number of aryl methyl sites for hydroxylation is 3. The van der Waals surface area contributed by atoms with Gasteiger partial charge in [-0.3, -0.25) is 14.1 Å². The van der Waals surface area contributed by atoms with Gasteiger partial charge in [-0.1, -0.05) is 6.07 Å². The van der Waals surface area contributed by atoms with E-state index in [0.717, 1.165) is 34.4 Å². The Bertz CT molecular complexity index is 1600. The van der Waals surface area contributed by atoms with Crippen molar-refractivity contribution in [1.82, 2.24) is 14.1 Å². The maximum Gasteiger partial charge on any atom is 1.00 e. The van der Waals surface area contributed by atoms with Crippen LogP contribution in [-0.4, -0.2) is 40.7 Å². The van der Waals surface area contributed by atoms with E-state index in [4.69, 9.17) is 0 Å². The van der Waals surface area contributed by atoms with Gasteiger partial charge in [0.15, 0.2) is 0 Å². The van der Waals surface area contributed by atoms with E-state index in [-0.39, 0.29) is 35.8 Å². The second-order valence-corrected chi connectivity index (χ2v) is 9.47. The van der Waals surface area contributed by atoms with Crippen LogP contribution in [0.2, 0.25) is 0 Å². The maximum absolute atomic E-state index is 14.3. The van der Waals surface area contributed by atoms with Gasteiger partial charge in [-0.05, 0) is 54.3 Å². The van der Waals surface area contributed by atoms with Crippen LogP contribution in [-0.2, 0) is 20.5 Å². The Morgan fingerprint density at radius 2 is 1.84 bits per heavy atom. The summed E-state index contributed by atoms with van der Waals surface area (Å²) in [5.41, 5.74) is 4.99. The van der Waals surface area contributed by atoms with E-state index in [1.807, 2.05) is 36.0 Å². The zero-order valence-corrected chi connectivity index (χ0v) is 22.0. The Morgan fingerprint density at radius 3 is 2.45 bits per heavy atom. The number of nitrogens with zero attached hydrogens (tertiary/aromatic N) is 5. The standard InChI is InChI=1S/C27H27F2N5O3.Li/c1-31(2)22-11-17(12-23-24(22)33(4)27(37)32(23)3)34-9-5-6-15-10-18(19(25(28)29)13-21(15)34)16-7-8-20(26(35)36)30-14-16;/h7-8,10-14,25H,5-6,9H2,1-4H3,(H,35,36);/q;+1/p-1. The number of carbonyl (C=O) groups excluding carboxylic acids is 1. The van der Waals surface area contributed by atoms with Crippen molar-refractivity contribution in [3.63, 3.8) is 0 Å². The summed E-state index contributed by atoms with van der Waals surface area (Å²) in [4.78, 5) is 31.5. The Balaban J connectivity index is 0.00000336. The molecule has 0 fully saturated rings. The molecule has 11 heteroatoms. The predicted octanol–water partition coefficient (Wildman–Crippen LogP) is 0.394. The van der Waals surface area contributed by atoms with Gasteiger partial charge in [0.2, 0.25) is 0 Å². The molecular weight excluding hydrogens is 487 g/mol. The summed E-state index contributed by atoms with van der Waals surface area (Å²) < 4.78 is 31.8. The minimum Gasteiger partial charge on any atom is -0.543 e. The molecule has 0 spiro atoms. The van der Waals surface area contributed by atoms with E-state index in [1.54, 1.807) is 29.3 Å². The first kappa shape index (κ1) is 27.4. The molecule has 0 saturated carbocycles. The van der Waals surface area contributed by atoms with Gasteiger partial charge in [-0.2, -0.15) is 0 Å². The van der Waals surface area contributed by atoms with Crippen molar-refractivity contribution in [2.45, 2.75) is 19.3 Å². The molecule has 0 N–H and O–H groups in total. The van der Waals surface area contributed by atoms with E-state index >= 15 is 0 Å². The first-order valence-electron chi connectivity index (χ1n) is 11.9. The van der Waals surface area contributed by atoms with Crippen LogP contribution in [0.15, 0.2) is 47.4 Å². The van der Waals surface area contributed by atoms with E-state index in [2.05, 4.69) is 4.98 Å². The molecule has 5 rings (SSSR count). The first-order chi connectivity index (χ1) is 17.6. The number of imidazole rings is 1. The molecule has 2 aromatic carbocycles. The molecule has 0 saturated heterocycles. The van der Waals surface area contributed by atoms with Crippen LogP contribution in [0.3, 0.4) is 0 Å². The number of anilines is 3. The third-order valence-electron chi connectivity index (χ3n) is 7.01. The minimum absolute atomic E-state index is 0. The van der Waals surface area contributed by atoms with Crippen LogP contribution < -0.4 is 39.5 Å².